The van der Waals surface area contributed by atoms with Crippen LogP contribution in [0, 0.1) is 0 Å². The summed E-state index contributed by atoms with van der Waals surface area (Å²) in [5.74, 6) is 0.927. The van der Waals surface area contributed by atoms with Crippen LogP contribution in [0.3, 0.4) is 0 Å². The Morgan fingerprint density at radius 3 is 2.78 bits per heavy atom. The fourth-order valence-electron chi connectivity index (χ4n) is 4.12. The SMILES string of the molecule is CCN(C)C(=O)C1OC2(CCN(c3cc(N)ccn3)CC2)c2ccccc21. The van der Waals surface area contributed by atoms with Gasteiger partial charge in [-0.2, -0.15) is 0 Å². The molecule has 6 heteroatoms. The van der Waals surface area contributed by atoms with Gasteiger partial charge in [-0.05, 0) is 37.0 Å². The van der Waals surface area contributed by atoms with Crippen molar-refractivity contribution in [1.29, 1.82) is 0 Å². The van der Waals surface area contributed by atoms with Crippen LogP contribution in [0.4, 0.5) is 11.5 Å². The van der Waals surface area contributed by atoms with E-state index in [1.54, 1.807) is 17.2 Å². The summed E-state index contributed by atoms with van der Waals surface area (Å²) in [5, 5.41) is 0. The van der Waals surface area contributed by atoms with Crippen molar-refractivity contribution in [3.05, 3.63) is 53.7 Å². The van der Waals surface area contributed by atoms with E-state index in [2.05, 4.69) is 16.0 Å². The van der Waals surface area contributed by atoms with E-state index in [4.69, 9.17) is 10.5 Å². The van der Waals surface area contributed by atoms with Crippen molar-refractivity contribution in [2.24, 2.45) is 0 Å². The molecule has 27 heavy (non-hydrogen) atoms. The highest BCUT2D eigenvalue weighted by Crippen LogP contribution is 2.50. The number of ether oxygens (including phenoxy) is 1. The number of carbonyl (C=O) groups is 1. The topological polar surface area (TPSA) is 71.7 Å². The number of likely N-dealkylation sites (N-methyl/N-ethyl adjacent to an activating group) is 1. The highest BCUT2D eigenvalue weighted by atomic mass is 16.5. The van der Waals surface area contributed by atoms with E-state index in [1.165, 1.54) is 0 Å². The van der Waals surface area contributed by atoms with Crippen LogP contribution in [0.2, 0.25) is 0 Å². The number of anilines is 2. The number of aromatic nitrogens is 1. The molecule has 0 aliphatic carbocycles. The van der Waals surface area contributed by atoms with Crippen LogP contribution in [0.15, 0.2) is 42.6 Å². The number of hydrogen-bond acceptors (Lipinski definition) is 5. The predicted molar refractivity (Wildman–Crippen MR) is 105 cm³/mol. The normalized spacial score (nSPS) is 20.5. The average molecular weight is 366 g/mol. The summed E-state index contributed by atoms with van der Waals surface area (Å²) < 4.78 is 6.49. The lowest BCUT2D eigenvalue weighted by Crippen LogP contribution is -2.43. The van der Waals surface area contributed by atoms with Gasteiger partial charge in [0.1, 0.15) is 5.82 Å². The third-order valence-electron chi connectivity index (χ3n) is 5.82. The van der Waals surface area contributed by atoms with Crippen molar-refractivity contribution in [1.82, 2.24) is 9.88 Å². The Bertz CT molecular complexity index is 846. The molecule has 2 aromatic rings. The quantitative estimate of drug-likeness (QED) is 0.904. The second-order valence-electron chi connectivity index (χ2n) is 7.37. The molecular formula is C21H26N4O2. The Labute approximate surface area is 159 Å². The van der Waals surface area contributed by atoms with Gasteiger partial charge in [0.05, 0.1) is 5.60 Å². The third kappa shape index (κ3) is 3.04. The largest absolute Gasteiger partial charge is 0.399 e. The lowest BCUT2D eigenvalue weighted by atomic mass is 9.83. The van der Waals surface area contributed by atoms with E-state index in [9.17, 15) is 4.79 Å². The fraction of sp³-hybridized carbons (Fsp3) is 0.429. The maximum atomic E-state index is 12.9. The number of nitrogens with zero attached hydrogens (tertiary/aromatic N) is 3. The minimum Gasteiger partial charge on any atom is -0.399 e. The molecule has 142 valence electrons. The van der Waals surface area contributed by atoms with Gasteiger partial charge in [0.25, 0.3) is 5.91 Å². The molecule has 0 bridgehead atoms. The van der Waals surface area contributed by atoms with Gasteiger partial charge in [0.2, 0.25) is 0 Å². The highest BCUT2D eigenvalue weighted by Gasteiger charge is 2.49. The zero-order valence-corrected chi connectivity index (χ0v) is 15.9. The molecule has 2 aliphatic heterocycles. The summed E-state index contributed by atoms with van der Waals surface area (Å²) in [6.07, 6.45) is 2.87. The monoisotopic (exact) mass is 366 g/mol. The van der Waals surface area contributed by atoms with Gasteiger partial charge in [-0.3, -0.25) is 4.79 Å². The van der Waals surface area contributed by atoms with Crippen molar-refractivity contribution in [3.63, 3.8) is 0 Å². The van der Waals surface area contributed by atoms with Crippen LogP contribution in [0.5, 0.6) is 0 Å². The summed E-state index contributed by atoms with van der Waals surface area (Å²) in [4.78, 5) is 21.3. The first-order valence-electron chi connectivity index (χ1n) is 9.53. The van der Waals surface area contributed by atoms with Crippen molar-refractivity contribution < 1.29 is 9.53 Å². The first-order valence-corrected chi connectivity index (χ1v) is 9.53. The van der Waals surface area contributed by atoms with Gasteiger partial charge < -0.3 is 20.3 Å². The lowest BCUT2D eigenvalue weighted by Gasteiger charge is -2.40. The van der Waals surface area contributed by atoms with E-state index in [0.717, 1.165) is 48.6 Å². The highest BCUT2D eigenvalue weighted by molar-refractivity contribution is 5.83. The van der Waals surface area contributed by atoms with Gasteiger partial charge >= 0.3 is 0 Å². The number of rotatable bonds is 3. The molecule has 3 heterocycles. The minimum atomic E-state index is -0.511. The van der Waals surface area contributed by atoms with Crippen LogP contribution in [0.1, 0.15) is 37.0 Å². The van der Waals surface area contributed by atoms with E-state index in [1.807, 2.05) is 38.2 Å². The number of amides is 1. The van der Waals surface area contributed by atoms with Gasteiger partial charge in [0, 0.05) is 44.6 Å². The van der Waals surface area contributed by atoms with Crippen LogP contribution in [0.25, 0.3) is 0 Å². The molecule has 2 aliphatic rings. The molecule has 1 aromatic heterocycles. The fourth-order valence-corrected chi connectivity index (χ4v) is 4.12. The summed E-state index contributed by atoms with van der Waals surface area (Å²) in [6.45, 7) is 4.28. The Hall–Kier alpha value is -2.60. The molecule has 1 saturated heterocycles. The number of hydrogen-bond donors (Lipinski definition) is 1. The van der Waals surface area contributed by atoms with Crippen LogP contribution >= 0.6 is 0 Å². The Kier molecular flexibility index (Phi) is 4.52. The first-order chi connectivity index (χ1) is 13.0. The summed E-state index contributed by atoms with van der Waals surface area (Å²) in [7, 11) is 1.83. The standard InChI is InChI=1S/C21H26N4O2/c1-3-24(2)20(26)19-16-6-4-5-7-17(16)21(27-19)9-12-25(13-10-21)18-14-15(22)8-11-23-18/h4-8,11,14,19H,3,9-10,12-13H2,1-2H3,(H2,22,23). The summed E-state index contributed by atoms with van der Waals surface area (Å²) >= 11 is 0. The van der Waals surface area contributed by atoms with E-state index < -0.39 is 11.7 Å². The maximum Gasteiger partial charge on any atom is 0.256 e. The molecule has 4 rings (SSSR count). The number of nitrogens with two attached hydrogens (primary N) is 1. The molecule has 2 N–H and O–H groups in total. The van der Waals surface area contributed by atoms with Crippen molar-refractivity contribution in [2.45, 2.75) is 31.5 Å². The van der Waals surface area contributed by atoms with Gasteiger partial charge in [-0.15, -0.1) is 0 Å². The second kappa shape index (κ2) is 6.85. The van der Waals surface area contributed by atoms with E-state index in [-0.39, 0.29) is 5.91 Å². The number of benzene rings is 1. The number of pyridine rings is 1. The lowest BCUT2D eigenvalue weighted by molar-refractivity contribution is -0.155. The molecule has 1 atom stereocenters. The molecule has 1 unspecified atom stereocenters. The van der Waals surface area contributed by atoms with E-state index in [0.29, 0.717) is 6.54 Å². The Morgan fingerprint density at radius 2 is 2.07 bits per heavy atom. The molecule has 6 nitrogen and oxygen atoms in total. The summed E-state index contributed by atoms with van der Waals surface area (Å²) in [5.41, 5.74) is 8.39. The third-order valence-corrected chi connectivity index (χ3v) is 5.82. The van der Waals surface area contributed by atoms with Gasteiger partial charge in [-0.1, -0.05) is 24.3 Å². The first kappa shape index (κ1) is 17.8. The average Bonchev–Trinajstić information content (AvgIpc) is 3.02. The van der Waals surface area contributed by atoms with Crippen molar-refractivity contribution >= 4 is 17.4 Å². The molecule has 1 fully saturated rings. The maximum absolute atomic E-state index is 12.9. The molecule has 0 radical (unpaired) electrons. The summed E-state index contributed by atoms with van der Waals surface area (Å²) in [6, 6.07) is 11.9. The predicted octanol–water partition coefficient (Wildman–Crippen LogP) is 2.71. The second-order valence-corrected chi connectivity index (χ2v) is 7.37. The molecule has 1 aromatic carbocycles. The number of carbonyl (C=O) groups excluding carboxylic acids is 1. The Balaban J connectivity index is 1.59. The zero-order chi connectivity index (χ0) is 19.0. The van der Waals surface area contributed by atoms with Gasteiger partial charge in [-0.25, -0.2) is 4.98 Å². The van der Waals surface area contributed by atoms with Crippen LogP contribution < -0.4 is 10.6 Å². The van der Waals surface area contributed by atoms with E-state index >= 15 is 0 Å². The molecular weight excluding hydrogens is 340 g/mol. The number of fused-ring (bicyclic) bond motifs is 2. The molecule has 0 saturated carbocycles. The minimum absolute atomic E-state index is 0.0294. The molecule has 1 amide bonds. The number of piperidine rings is 1. The van der Waals surface area contributed by atoms with Gasteiger partial charge in [0.15, 0.2) is 6.10 Å². The van der Waals surface area contributed by atoms with Crippen LogP contribution in [-0.4, -0.2) is 42.5 Å². The Morgan fingerprint density at radius 1 is 1.33 bits per heavy atom. The van der Waals surface area contributed by atoms with Crippen molar-refractivity contribution in [2.75, 3.05) is 37.3 Å². The van der Waals surface area contributed by atoms with Crippen molar-refractivity contribution in [3.8, 4) is 0 Å². The molecule has 1 spiro atoms. The number of nitrogen functional groups attached to an aromatic ring is 1. The zero-order valence-electron chi connectivity index (χ0n) is 15.9. The smallest absolute Gasteiger partial charge is 0.256 e. The van der Waals surface area contributed by atoms with Crippen LogP contribution in [-0.2, 0) is 15.1 Å².